The van der Waals surface area contributed by atoms with E-state index in [-0.39, 0.29) is 29.9 Å². The van der Waals surface area contributed by atoms with Gasteiger partial charge in [-0.25, -0.2) is 0 Å². The highest BCUT2D eigenvalue weighted by Crippen LogP contribution is 2.09. The SMILES string of the molecule is CCNC(=NCCNC(=O)c1ccccc1)N(C)Cc1ccccc1C.I. The summed E-state index contributed by atoms with van der Waals surface area (Å²) in [6, 6.07) is 17.6. The first-order valence-corrected chi connectivity index (χ1v) is 8.99. The van der Waals surface area contributed by atoms with Gasteiger partial charge in [0.1, 0.15) is 0 Å². The molecule has 146 valence electrons. The fourth-order valence-electron chi connectivity index (χ4n) is 2.61. The van der Waals surface area contributed by atoms with Gasteiger partial charge in [0.05, 0.1) is 6.54 Å². The molecule has 0 spiro atoms. The predicted octanol–water partition coefficient (Wildman–Crippen LogP) is 3.44. The summed E-state index contributed by atoms with van der Waals surface area (Å²) in [6.45, 7) is 6.78. The van der Waals surface area contributed by atoms with Gasteiger partial charge >= 0.3 is 0 Å². The first-order chi connectivity index (χ1) is 12.6. The number of nitrogens with one attached hydrogen (secondary N) is 2. The van der Waals surface area contributed by atoms with Gasteiger partial charge < -0.3 is 15.5 Å². The fraction of sp³-hybridized carbons (Fsp3) is 0.333. The molecule has 0 bridgehead atoms. The van der Waals surface area contributed by atoms with Crippen LogP contribution < -0.4 is 10.6 Å². The average Bonchev–Trinajstić information content (AvgIpc) is 2.66. The number of guanidine groups is 1. The standard InChI is InChI=1S/C21H28N4O.HI/c1-4-22-21(25(3)16-19-13-9-8-10-17(19)2)24-15-14-23-20(26)18-11-6-5-7-12-18;/h5-13H,4,14-16H2,1-3H3,(H,22,24)(H,23,26);1H. The first-order valence-electron chi connectivity index (χ1n) is 8.99. The maximum atomic E-state index is 12.0. The maximum Gasteiger partial charge on any atom is 0.251 e. The van der Waals surface area contributed by atoms with Crippen LogP contribution in [0.25, 0.3) is 0 Å². The van der Waals surface area contributed by atoms with Crippen LogP contribution in [-0.4, -0.2) is 43.4 Å². The number of hydrogen-bond donors (Lipinski definition) is 2. The molecule has 0 saturated heterocycles. The van der Waals surface area contributed by atoms with E-state index in [4.69, 9.17) is 0 Å². The molecule has 0 aliphatic rings. The topological polar surface area (TPSA) is 56.7 Å². The summed E-state index contributed by atoms with van der Waals surface area (Å²) in [5, 5.41) is 6.21. The molecule has 2 aromatic carbocycles. The molecule has 6 heteroatoms. The molecular weight excluding hydrogens is 451 g/mol. The fourth-order valence-corrected chi connectivity index (χ4v) is 2.61. The number of nitrogens with zero attached hydrogens (tertiary/aromatic N) is 2. The Balaban J connectivity index is 0.00000364. The summed E-state index contributed by atoms with van der Waals surface area (Å²) in [4.78, 5) is 18.8. The van der Waals surface area contributed by atoms with Crippen LogP contribution in [0, 0.1) is 6.92 Å². The third-order valence-corrected chi connectivity index (χ3v) is 4.06. The Kier molecular flexibility index (Phi) is 10.5. The van der Waals surface area contributed by atoms with E-state index >= 15 is 0 Å². The minimum absolute atomic E-state index is 0. The Labute approximate surface area is 179 Å². The number of halogens is 1. The zero-order valence-corrected chi connectivity index (χ0v) is 18.6. The molecule has 2 rings (SSSR count). The number of rotatable bonds is 7. The van der Waals surface area contributed by atoms with Crippen molar-refractivity contribution in [3.8, 4) is 0 Å². The zero-order chi connectivity index (χ0) is 18.8. The van der Waals surface area contributed by atoms with E-state index in [0.717, 1.165) is 19.0 Å². The van der Waals surface area contributed by atoms with E-state index in [2.05, 4.69) is 45.6 Å². The van der Waals surface area contributed by atoms with E-state index in [1.807, 2.05) is 38.2 Å². The molecule has 0 atom stereocenters. The maximum absolute atomic E-state index is 12.0. The number of aryl methyl sites for hydroxylation is 1. The smallest absolute Gasteiger partial charge is 0.251 e. The molecule has 27 heavy (non-hydrogen) atoms. The van der Waals surface area contributed by atoms with Crippen LogP contribution in [0.2, 0.25) is 0 Å². The second-order valence-electron chi connectivity index (χ2n) is 6.14. The molecule has 0 unspecified atom stereocenters. The monoisotopic (exact) mass is 480 g/mol. The molecular formula is C21H29IN4O. The van der Waals surface area contributed by atoms with Crippen molar-refractivity contribution in [3.63, 3.8) is 0 Å². The van der Waals surface area contributed by atoms with Crippen LogP contribution in [0.4, 0.5) is 0 Å². The van der Waals surface area contributed by atoms with Crippen molar-refractivity contribution in [2.45, 2.75) is 20.4 Å². The molecule has 0 aliphatic heterocycles. The summed E-state index contributed by atoms with van der Waals surface area (Å²) in [5.74, 6) is 0.767. The second kappa shape index (κ2) is 12.3. The van der Waals surface area contributed by atoms with Crippen LogP contribution in [-0.2, 0) is 6.54 Å². The molecule has 0 aliphatic carbocycles. The summed E-state index contributed by atoms with van der Waals surface area (Å²) >= 11 is 0. The molecule has 0 aromatic heterocycles. The van der Waals surface area contributed by atoms with E-state index in [1.54, 1.807) is 12.1 Å². The number of aliphatic imine (C=N–C) groups is 1. The minimum Gasteiger partial charge on any atom is -0.357 e. The Morgan fingerprint density at radius 1 is 1.04 bits per heavy atom. The van der Waals surface area contributed by atoms with Gasteiger partial charge in [0.15, 0.2) is 5.96 Å². The van der Waals surface area contributed by atoms with Gasteiger partial charge in [0, 0.05) is 32.2 Å². The van der Waals surface area contributed by atoms with Crippen LogP contribution >= 0.6 is 24.0 Å². The van der Waals surface area contributed by atoms with Crippen molar-refractivity contribution in [3.05, 3.63) is 71.3 Å². The lowest BCUT2D eigenvalue weighted by Gasteiger charge is -2.23. The molecule has 1 amide bonds. The molecule has 0 radical (unpaired) electrons. The summed E-state index contributed by atoms with van der Waals surface area (Å²) in [5.41, 5.74) is 3.21. The number of hydrogen-bond acceptors (Lipinski definition) is 2. The minimum atomic E-state index is -0.0703. The molecule has 0 fully saturated rings. The quantitative estimate of drug-likeness (QED) is 0.276. The van der Waals surface area contributed by atoms with Crippen molar-refractivity contribution < 1.29 is 4.79 Å². The largest absolute Gasteiger partial charge is 0.357 e. The van der Waals surface area contributed by atoms with E-state index in [0.29, 0.717) is 18.7 Å². The Bertz CT molecular complexity index is 734. The molecule has 2 N–H and O–H groups in total. The lowest BCUT2D eigenvalue weighted by Crippen LogP contribution is -2.39. The van der Waals surface area contributed by atoms with Gasteiger partial charge in [0.25, 0.3) is 5.91 Å². The highest BCUT2D eigenvalue weighted by atomic mass is 127. The van der Waals surface area contributed by atoms with Crippen molar-refractivity contribution in [2.75, 3.05) is 26.7 Å². The third kappa shape index (κ3) is 7.58. The van der Waals surface area contributed by atoms with Crippen LogP contribution in [0.5, 0.6) is 0 Å². The van der Waals surface area contributed by atoms with Crippen molar-refractivity contribution in [1.82, 2.24) is 15.5 Å². The van der Waals surface area contributed by atoms with Gasteiger partial charge in [-0.15, -0.1) is 24.0 Å². The van der Waals surface area contributed by atoms with Crippen LogP contribution in [0.1, 0.15) is 28.4 Å². The summed E-state index contributed by atoms with van der Waals surface area (Å²) < 4.78 is 0. The van der Waals surface area contributed by atoms with Crippen LogP contribution in [0.15, 0.2) is 59.6 Å². The van der Waals surface area contributed by atoms with E-state index in [1.165, 1.54) is 11.1 Å². The van der Waals surface area contributed by atoms with Crippen molar-refractivity contribution >= 4 is 35.8 Å². The second-order valence-corrected chi connectivity index (χ2v) is 6.14. The van der Waals surface area contributed by atoms with Gasteiger partial charge in [-0.1, -0.05) is 42.5 Å². The zero-order valence-electron chi connectivity index (χ0n) is 16.2. The predicted molar refractivity (Wildman–Crippen MR) is 123 cm³/mol. The van der Waals surface area contributed by atoms with Gasteiger partial charge in [-0.2, -0.15) is 0 Å². The summed E-state index contributed by atoms with van der Waals surface area (Å²) in [6.07, 6.45) is 0. The Hall–Kier alpha value is -2.09. The van der Waals surface area contributed by atoms with Gasteiger partial charge in [-0.3, -0.25) is 9.79 Å². The number of carbonyl (C=O) groups is 1. The van der Waals surface area contributed by atoms with Crippen molar-refractivity contribution in [2.24, 2.45) is 4.99 Å². The average molecular weight is 480 g/mol. The van der Waals surface area contributed by atoms with Crippen molar-refractivity contribution in [1.29, 1.82) is 0 Å². The lowest BCUT2D eigenvalue weighted by atomic mass is 10.1. The highest BCUT2D eigenvalue weighted by Gasteiger charge is 2.08. The number of amides is 1. The highest BCUT2D eigenvalue weighted by molar-refractivity contribution is 14.0. The normalized spacial score (nSPS) is 10.7. The third-order valence-electron chi connectivity index (χ3n) is 4.06. The van der Waals surface area contributed by atoms with Crippen LogP contribution in [0.3, 0.4) is 0 Å². The lowest BCUT2D eigenvalue weighted by molar-refractivity contribution is 0.0955. The van der Waals surface area contributed by atoms with Gasteiger partial charge in [0.2, 0.25) is 0 Å². The number of benzene rings is 2. The van der Waals surface area contributed by atoms with Gasteiger partial charge in [-0.05, 0) is 37.1 Å². The molecule has 0 heterocycles. The molecule has 0 saturated carbocycles. The first kappa shape index (κ1) is 23.0. The van der Waals surface area contributed by atoms with E-state index < -0.39 is 0 Å². The molecule has 5 nitrogen and oxygen atoms in total. The van der Waals surface area contributed by atoms with E-state index in [9.17, 15) is 4.79 Å². The molecule has 2 aromatic rings. The summed E-state index contributed by atoms with van der Waals surface area (Å²) in [7, 11) is 2.02. The number of carbonyl (C=O) groups excluding carboxylic acids is 1. The Morgan fingerprint density at radius 2 is 1.70 bits per heavy atom. The Morgan fingerprint density at radius 3 is 2.37 bits per heavy atom.